The minimum atomic E-state index is -0.708. The van der Waals surface area contributed by atoms with Crippen molar-refractivity contribution >= 4 is 28.3 Å². The number of hydrogen-bond acceptors (Lipinski definition) is 9. The van der Waals surface area contributed by atoms with Gasteiger partial charge in [0.15, 0.2) is 5.65 Å². The van der Waals surface area contributed by atoms with Gasteiger partial charge < -0.3 is 9.64 Å². The number of benzene rings is 1. The van der Waals surface area contributed by atoms with Crippen molar-refractivity contribution in [2.24, 2.45) is 0 Å². The van der Waals surface area contributed by atoms with Crippen molar-refractivity contribution in [3.05, 3.63) is 64.6 Å². The Morgan fingerprint density at radius 3 is 2.60 bits per heavy atom. The fraction of sp³-hybridized carbons (Fsp3) is 0.357. The van der Waals surface area contributed by atoms with Gasteiger partial charge in [0.05, 0.1) is 36.3 Å². The molecular weight excluding hydrogens is 534 g/mol. The third-order valence-electron chi connectivity index (χ3n) is 7.27. The molecular formula is C28H26F2N8OS. The van der Waals surface area contributed by atoms with E-state index in [4.69, 9.17) is 19.7 Å². The zero-order valence-electron chi connectivity index (χ0n) is 22.2. The van der Waals surface area contributed by atoms with Crippen LogP contribution in [0.1, 0.15) is 48.2 Å². The summed E-state index contributed by atoms with van der Waals surface area (Å²) in [6, 6.07) is 5.85. The Morgan fingerprint density at radius 1 is 1.00 bits per heavy atom. The smallest absolute Gasteiger partial charge is 0.228 e. The van der Waals surface area contributed by atoms with Gasteiger partial charge in [-0.15, -0.1) is 10.2 Å². The summed E-state index contributed by atoms with van der Waals surface area (Å²) < 4.78 is 37.3. The highest BCUT2D eigenvalue weighted by molar-refractivity contribution is 7.14. The second-order valence-electron chi connectivity index (χ2n) is 10.4. The number of pyridine rings is 1. The van der Waals surface area contributed by atoms with Crippen LogP contribution < -0.4 is 4.90 Å². The summed E-state index contributed by atoms with van der Waals surface area (Å²) in [6.07, 6.45) is 5.89. The van der Waals surface area contributed by atoms with Crippen molar-refractivity contribution in [1.82, 2.24) is 34.9 Å². The molecule has 2 unspecified atom stereocenters. The number of morpholine rings is 1. The lowest BCUT2D eigenvalue weighted by Crippen LogP contribution is -2.43. The lowest BCUT2D eigenvalue weighted by Gasteiger charge is -2.36. The summed E-state index contributed by atoms with van der Waals surface area (Å²) in [5, 5.41) is 15.0. The maximum Gasteiger partial charge on any atom is 0.228 e. The number of aromatic nitrogens is 7. The first-order chi connectivity index (χ1) is 19.3. The molecule has 0 bridgehead atoms. The molecule has 2 fully saturated rings. The second kappa shape index (κ2) is 9.63. The Kier molecular flexibility index (Phi) is 6.04. The van der Waals surface area contributed by atoms with E-state index in [0.717, 1.165) is 40.7 Å². The van der Waals surface area contributed by atoms with E-state index in [0.29, 0.717) is 46.8 Å². The Morgan fingerprint density at radius 2 is 1.85 bits per heavy atom. The number of aryl methyl sites for hydroxylation is 2. The topological polar surface area (TPSA) is 94.7 Å². The molecule has 2 atom stereocenters. The van der Waals surface area contributed by atoms with E-state index in [1.54, 1.807) is 0 Å². The van der Waals surface area contributed by atoms with Gasteiger partial charge in [-0.3, -0.25) is 4.68 Å². The third kappa shape index (κ3) is 4.60. The fourth-order valence-electron chi connectivity index (χ4n) is 5.14. The van der Waals surface area contributed by atoms with Gasteiger partial charge in [0, 0.05) is 40.9 Å². The van der Waals surface area contributed by atoms with Crippen LogP contribution in [0.4, 0.5) is 14.7 Å². The molecule has 0 amide bonds. The van der Waals surface area contributed by atoms with Crippen molar-refractivity contribution in [1.29, 1.82) is 0 Å². The SMILES string of the molecule is Cc1nnc(-c2cc3c(-c4ccc(F)cc4F)nc(N4CC(C)OC(c5cnn(C6CC6)c5)C4)nc3nc2C)s1. The largest absolute Gasteiger partial charge is 0.367 e. The van der Waals surface area contributed by atoms with E-state index >= 15 is 4.39 Å². The molecule has 0 radical (unpaired) electrons. The predicted molar refractivity (Wildman–Crippen MR) is 147 cm³/mol. The van der Waals surface area contributed by atoms with Crippen LogP contribution in [0.15, 0.2) is 36.7 Å². The molecule has 1 saturated heterocycles. The number of halogens is 2. The zero-order valence-corrected chi connectivity index (χ0v) is 23.0. The molecule has 9 nitrogen and oxygen atoms in total. The summed E-state index contributed by atoms with van der Waals surface area (Å²) in [4.78, 5) is 16.5. The summed E-state index contributed by atoms with van der Waals surface area (Å²) in [6.45, 7) is 6.82. The first-order valence-corrected chi connectivity index (χ1v) is 14.0. The quantitative estimate of drug-likeness (QED) is 0.274. The van der Waals surface area contributed by atoms with E-state index in [1.165, 1.54) is 23.5 Å². The average Bonchev–Trinajstić information content (AvgIpc) is 3.49. The normalized spacial score (nSPS) is 19.5. The summed E-state index contributed by atoms with van der Waals surface area (Å²) in [7, 11) is 0. The first-order valence-electron chi connectivity index (χ1n) is 13.2. The van der Waals surface area contributed by atoms with E-state index in [1.807, 2.05) is 42.6 Å². The molecule has 5 aromatic rings. The molecule has 1 aliphatic carbocycles. The molecule has 1 aliphatic heterocycles. The van der Waals surface area contributed by atoms with Gasteiger partial charge in [0.2, 0.25) is 5.95 Å². The van der Waals surface area contributed by atoms with E-state index in [2.05, 4.69) is 21.5 Å². The lowest BCUT2D eigenvalue weighted by atomic mass is 10.0. The number of rotatable bonds is 5. The summed E-state index contributed by atoms with van der Waals surface area (Å²) in [5.74, 6) is -0.955. The molecule has 0 N–H and O–H groups in total. The monoisotopic (exact) mass is 560 g/mol. The molecule has 0 spiro atoms. The Labute approximate surface area is 232 Å². The van der Waals surface area contributed by atoms with Crippen molar-refractivity contribution in [3.8, 4) is 21.8 Å². The van der Waals surface area contributed by atoms with Crippen LogP contribution in [0, 0.1) is 25.5 Å². The molecule has 7 rings (SSSR count). The van der Waals surface area contributed by atoms with E-state index < -0.39 is 11.6 Å². The molecule has 1 aromatic carbocycles. The maximum absolute atomic E-state index is 15.2. The summed E-state index contributed by atoms with van der Waals surface area (Å²) in [5.41, 5.74) is 3.42. The van der Waals surface area contributed by atoms with Crippen molar-refractivity contribution in [3.63, 3.8) is 0 Å². The standard InChI is InChI=1S/C28H26F2N8OS/c1-14-11-37(13-24(39-14)17-10-31-38(12-17)19-5-6-19)28-33-25(20-7-4-18(29)8-23(20)30)22-9-21(15(2)32-26(22)34-28)27-36-35-16(3)40-27/h4,7-10,12,14,19,24H,5-6,11,13H2,1-3H3. The number of fused-ring (bicyclic) bond motifs is 1. The molecule has 204 valence electrons. The van der Waals surface area contributed by atoms with Crippen molar-refractivity contribution < 1.29 is 13.5 Å². The Balaban J connectivity index is 1.34. The number of ether oxygens (including phenoxy) is 1. The molecule has 1 saturated carbocycles. The van der Waals surface area contributed by atoms with Crippen LogP contribution in [0.2, 0.25) is 0 Å². The molecule has 2 aliphatic rings. The van der Waals surface area contributed by atoms with Gasteiger partial charge in [-0.1, -0.05) is 11.3 Å². The summed E-state index contributed by atoms with van der Waals surface area (Å²) >= 11 is 1.45. The van der Waals surface area contributed by atoms with E-state index in [-0.39, 0.29) is 17.8 Å². The van der Waals surface area contributed by atoms with Gasteiger partial charge >= 0.3 is 0 Å². The Bertz CT molecular complexity index is 1750. The fourth-order valence-corrected chi connectivity index (χ4v) is 5.90. The van der Waals surface area contributed by atoms with Gasteiger partial charge in [0.1, 0.15) is 27.8 Å². The number of hydrogen-bond donors (Lipinski definition) is 0. The van der Waals surface area contributed by atoms with Crippen molar-refractivity contribution in [2.45, 2.75) is 51.9 Å². The first kappa shape index (κ1) is 25.1. The van der Waals surface area contributed by atoms with Crippen molar-refractivity contribution in [2.75, 3.05) is 18.0 Å². The highest BCUT2D eigenvalue weighted by Crippen LogP contribution is 2.37. The van der Waals surface area contributed by atoms with Crippen LogP contribution in [0.3, 0.4) is 0 Å². The molecule has 40 heavy (non-hydrogen) atoms. The maximum atomic E-state index is 15.2. The third-order valence-corrected chi connectivity index (χ3v) is 8.14. The van der Waals surface area contributed by atoms with Crippen LogP contribution in [0.5, 0.6) is 0 Å². The highest BCUT2D eigenvalue weighted by atomic mass is 32.1. The number of anilines is 1. The molecule has 5 heterocycles. The predicted octanol–water partition coefficient (Wildman–Crippen LogP) is 5.60. The van der Waals surface area contributed by atoms with Crippen LogP contribution >= 0.6 is 11.3 Å². The highest BCUT2D eigenvalue weighted by Gasteiger charge is 2.32. The number of nitrogens with zero attached hydrogens (tertiary/aromatic N) is 8. The van der Waals surface area contributed by atoms with E-state index in [9.17, 15) is 4.39 Å². The van der Waals surface area contributed by atoms with Gasteiger partial charge in [-0.25, -0.2) is 18.7 Å². The second-order valence-corrected chi connectivity index (χ2v) is 11.6. The van der Waals surface area contributed by atoms with Crippen LogP contribution in [-0.2, 0) is 4.74 Å². The van der Waals surface area contributed by atoms with Crippen LogP contribution in [-0.4, -0.2) is 54.1 Å². The molecule has 12 heteroatoms. The molecule has 4 aromatic heterocycles. The minimum absolute atomic E-state index is 0.106. The zero-order chi connectivity index (χ0) is 27.5. The van der Waals surface area contributed by atoms with Gasteiger partial charge in [-0.05, 0) is 51.8 Å². The van der Waals surface area contributed by atoms with Gasteiger partial charge in [0.25, 0.3) is 0 Å². The average molecular weight is 561 g/mol. The van der Waals surface area contributed by atoms with Gasteiger partial charge in [-0.2, -0.15) is 10.1 Å². The lowest BCUT2D eigenvalue weighted by molar-refractivity contribution is -0.0178. The van der Waals surface area contributed by atoms with Crippen LogP contribution in [0.25, 0.3) is 32.9 Å². The minimum Gasteiger partial charge on any atom is -0.367 e. The Hall–Kier alpha value is -3.90.